The van der Waals surface area contributed by atoms with Crippen molar-refractivity contribution in [1.29, 1.82) is 0 Å². The molecule has 0 radical (unpaired) electrons. The predicted molar refractivity (Wildman–Crippen MR) is 132 cm³/mol. The lowest BCUT2D eigenvalue weighted by Crippen LogP contribution is -2.43. The molecular weight excluding hydrogens is 420 g/mol. The van der Waals surface area contributed by atoms with Crippen LogP contribution in [-0.2, 0) is 16.8 Å². The van der Waals surface area contributed by atoms with Crippen LogP contribution < -0.4 is 5.32 Å². The number of likely N-dealkylation sites (tertiary alicyclic amines) is 1. The number of rotatable bonds is 7. The number of benzene rings is 1. The summed E-state index contributed by atoms with van der Waals surface area (Å²) in [6, 6.07) is 8.35. The van der Waals surface area contributed by atoms with Crippen LogP contribution in [0.1, 0.15) is 65.8 Å². The highest BCUT2D eigenvalue weighted by atomic mass is 32.2. The minimum Gasteiger partial charge on any atom is -0.355 e. The van der Waals surface area contributed by atoms with E-state index in [0.29, 0.717) is 18.3 Å². The minimum absolute atomic E-state index is 0.0238. The van der Waals surface area contributed by atoms with Crippen LogP contribution in [0.5, 0.6) is 0 Å². The van der Waals surface area contributed by atoms with E-state index < -0.39 is 0 Å². The SMILES string of the molecule is CC(C)(C)SCCNC(=O)C1CCCN(Cc2nc(-c3ccc(C(C)(C)C)cc3)no2)C1. The van der Waals surface area contributed by atoms with Gasteiger partial charge in [0.15, 0.2) is 0 Å². The van der Waals surface area contributed by atoms with Crippen molar-refractivity contribution < 1.29 is 9.32 Å². The maximum Gasteiger partial charge on any atom is 0.241 e. The van der Waals surface area contributed by atoms with Gasteiger partial charge in [-0.1, -0.05) is 71.0 Å². The van der Waals surface area contributed by atoms with Crippen LogP contribution in [0.2, 0.25) is 0 Å². The van der Waals surface area contributed by atoms with Crippen LogP contribution in [0.15, 0.2) is 28.8 Å². The summed E-state index contributed by atoms with van der Waals surface area (Å²) < 4.78 is 5.75. The zero-order valence-electron chi connectivity index (χ0n) is 20.4. The van der Waals surface area contributed by atoms with Gasteiger partial charge in [-0.3, -0.25) is 9.69 Å². The average Bonchev–Trinajstić information content (AvgIpc) is 3.18. The molecule has 1 atom stereocenters. The van der Waals surface area contributed by atoms with E-state index in [1.807, 2.05) is 11.8 Å². The van der Waals surface area contributed by atoms with Crippen LogP contribution in [0, 0.1) is 5.92 Å². The molecule has 2 heterocycles. The van der Waals surface area contributed by atoms with Crippen LogP contribution in [-0.4, -0.2) is 51.1 Å². The zero-order valence-corrected chi connectivity index (χ0v) is 21.2. The van der Waals surface area contributed by atoms with E-state index in [-0.39, 0.29) is 22.0 Å². The number of hydrogen-bond acceptors (Lipinski definition) is 6. The smallest absolute Gasteiger partial charge is 0.241 e. The van der Waals surface area contributed by atoms with Crippen molar-refractivity contribution >= 4 is 17.7 Å². The lowest BCUT2D eigenvalue weighted by Gasteiger charge is -2.31. The van der Waals surface area contributed by atoms with Gasteiger partial charge in [0.1, 0.15) is 0 Å². The van der Waals surface area contributed by atoms with Crippen molar-refractivity contribution in [2.45, 2.75) is 71.1 Å². The molecule has 0 bridgehead atoms. The number of amides is 1. The molecule has 32 heavy (non-hydrogen) atoms. The zero-order chi connectivity index (χ0) is 23.4. The highest BCUT2D eigenvalue weighted by molar-refractivity contribution is 8.00. The van der Waals surface area contributed by atoms with Crippen LogP contribution in [0.4, 0.5) is 0 Å². The second-order valence-corrected chi connectivity index (χ2v) is 12.6. The Morgan fingerprint density at radius 2 is 1.91 bits per heavy atom. The molecular formula is C25H38N4O2S. The normalized spacial score (nSPS) is 18.0. The van der Waals surface area contributed by atoms with Gasteiger partial charge in [0.2, 0.25) is 17.6 Å². The molecule has 1 aliphatic rings. The predicted octanol–water partition coefficient (Wildman–Crippen LogP) is 4.89. The van der Waals surface area contributed by atoms with E-state index in [4.69, 9.17) is 4.52 Å². The maximum absolute atomic E-state index is 12.6. The first-order valence-electron chi connectivity index (χ1n) is 11.6. The Balaban J connectivity index is 1.51. The number of nitrogens with zero attached hydrogens (tertiary/aromatic N) is 3. The summed E-state index contributed by atoms with van der Waals surface area (Å²) in [7, 11) is 0. The molecule has 1 aromatic carbocycles. The van der Waals surface area contributed by atoms with Crippen molar-refractivity contribution in [2.24, 2.45) is 5.92 Å². The number of carbonyl (C=O) groups is 1. The summed E-state index contributed by atoms with van der Waals surface area (Å²) in [5.74, 6) is 2.34. The monoisotopic (exact) mass is 458 g/mol. The van der Waals surface area contributed by atoms with Gasteiger partial charge in [-0.2, -0.15) is 16.7 Å². The third-order valence-corrected chi connectivity index (χ3v) is 6.92. The van der Waals surface area contributed by atoms with Crippen LogP contribution >= 0.6 is 11.8 Å². The Morgan fingerprint density at radius 1 is 1.19 bits per heavy atom. The van der Waals surface area contributed by atoms with Gasteiger partial charge in [-0.15, -0.1) is 0 Å². The molecule has 2 aromatic rings. The van der Waals surface area contributed by atoms with Gasteiger partial charge in [0.25, 0.3) is 0 Å². The average molecular weight is 459 g/mol. The number of hydrogen-bond donors (Lipinski definition) is 1. The summed E-state index contributed by atoms with van der Waals surface area (Å²) in [4.78, 5) is 19.5. The highest BCUT2D eigenvalue weighted by Gasteiger charge is 2.27. The molecule has 0 aliphatic carbocycles. The highest BCUT2D eigenvalue weighted by Crippen LogP contribution is 2.26. The van der Waals surface area contributed by atoms with Gasteiger partial charge in [0.05, 0.1) is 12.5 Å². The molecule has 1 amide bonds. The van der Waals surface area contributed by atoms with Crippen molar-refractivity contribution in [3.8, 4) is 11.4 Å². The molecule has 1 aromatic heterocycles. The molecule has 6 nitrogen and oxygen atoms in total. The van der Waals surface area contributed by atoms with Gasteiger partial charge < -0.3 is 9.84 Å². The summed E-state index contributed by atoms with van der Waals surface area (Å²) >= 11 is 1.87. The van der Waals surface area contributed by atoms with E-state index in [0.717, 1.165) is 43.8 Å². The summed E-state index contributed by atoms with van der Waals surface area (Å²) in [6.07, 6.45) is 1.94. The molecule has 1 fully saturated rings. The molecule has 7 heteroatoms. The number of aromatic nitrogens is 2. The third-order valence-electron chi connectivity index (χ3n) is 5.65. The fourth-order valence-electron chi connectivity index (χ4n) is 3.84. The fourth-order valence-corrected chi connectivity index (χ4v) is 4.65. The van der Waals surface area contributed by atoms with Crippen LogP contribution in [0.3, 0.4) is 0 Å². The van der Waals surface area contributed by atoms with E-state index >= 15 is 0 Å². The Labute approximate surface area is 196 Å². The van der Waals surface area contributed by atoms with E-state index in [2.05, 4.69) is 86.2 Å². The van der Waals surface area contributed by atoms with Gasteiger partial charge in [-0.25, -0.2) is 0 Å². The number of carbonyl (C=O) groups excluding carboxylic acids is 1. The second kappa shape index (κ2) is 10.4. The van der Waals surface area contributed by atoms with E-state index in [1.54, 1.807) is 0 Å². The summed E-state index contributed by atoms with van der Waals surface area (Å²) in [5, 5.41) is 7.29. The molecule has 1 saturated heterocycles. The first-order chi connectivity index (χ1) is 15.0. The molecule has 0 saturated carbocycles. The minimum atomic E-state index is 0.0238. The molecule has 1 unspecified atom stereocenters. The maximum atomic E-state index is 12.6. The lowest BCUT2D eigenvalue weighted by molar-refractivity contribution is -0.126. The van der Waals surface area contributed by atoms with Crippen molar-refractivity contribution in [2.75, 3.05) is 25.4 Å². The third kappa shape index (κ3) is 7.34. The first-order valence-corrected chi connectivity index (χ1v) is 12.6. The van der Waals surface area contributed by atoms with E-state index in [1.165, 1.54) is 5.56 Å². The molecule has 176 valence electrons. The first kappa shape index (κ1) is 24.8. The molecule has 0 spiro atoms. The van der Waals surface area contributed by atoms with Gasteiger partial charge in [0, 0.05) is 29.2 Å². The Kier molecular flexibility index (Phi) is 8.04. The van der Waals surface area contributed by atoms with E-state index in [9.17, 15) is 4.79 Å². The lowest BCUT2D eigenvalue weighted by atomic mass is 9.87. The van der Waals surface area contributed by atoms with Gasteiger partial charge >= 0.3 is 0 Å². The standard InChI is InChI=1S/C25H38N4O2S/c1-24(2,3)20-11-9-18(10-12-20)22-27-21(31-28-22)17-29-14-7-8-19(16-29)23(30)26-13-15-32-25(4,5)6/h9-12,19H,7-8,13-17H2,1-6H3,(H,26,30). The topological polar surface area (TPSA) is 71.3 Å². The quantitative estimate of drug-likeness (QED) is 0.596. The Hall–Kier alpha value is -1.86. The van der Waals surface area contributed by atoms with Crippen molar-refractivity contribution in [3.05, 3.63) is 35.7 Å². The number of nitrogens with one attached hydrogen (secondary N) is 1. The fraction of sp³-hybridized carbons (Fsp3) is 0.640. The van der Waals surface area contributed by atoms with Crippen molar-refractivity contribution in [1.82, 2.24) is 20.4 Å². The number of thioether (sulfide) groups is 1. The molecule has 1 N–H and O–H groups in total. The molecule has 1 aliphatic heterocycles. The van der Waals surface area contributed by atoms with Gasteiger partial charge in [-0.05, 0) is 30.4 Å². The van der Waals surface area contributed by atoms with Crippen molar-refractivity contribution in [3.63, 3.8) is 0 Å². The largest absolute Gasteiger partial charge is 0.355 e. The summed E-state index contributed by atoms with van der Waals surface area (Å²) in [5.41, 5.74) is 2.35. The summed E-state index contributed by atoms with van der Waals surface area (Å²) in [6.45, 7) is 16.2. The number of piperidine rings is 1. The Morgan fingerprint density at radius 3 is 2.56 bits per heavy atom. The Bertz CT molecular complexity index is 881. The molecule has 3 rings (SSSR count). The van der Waals surface area contributed by atoms with Crippen LogP contribution in [0.25, 0.3) is 11.4 Å². The second-order valence-electron chi connectivity index (χ2n) is 10.7.